The van der Waals surface area contributed by atoms with E-state index < -0.39 is 14.4 Å². The molecule has 0 aromatic heterocycles. The maximum atomic E-state index is 10.4. The minimum absolute atomic E-state index is 0.143. The van der Waals surface area contributed by atoms with Crippen molar-refractivity contribution in [2.45, 2.75) is 79.1 Å². The van der Waals surface area contributed by atoms with Crippen LogP contribution in [0.5, 0.6) is 0 Å². The normalized spacial score (nSPS) is 18.8. The predicted octanol–water partition coefficient (Wildman–Crippen LogP) is 5.00. The van der Waals surface area contributed by atoms with Gasteiger partial charge >= 0.3 is 0 Å². The van der Waals surface area contributed by atoms with Crippen molar-refractivity contribution in [2.24, 2.45) is 11.8 Å². The second kappa shape index (κ2) is 7.76. The lowest BCUT2D eigenvalue weighted by atomic mass is 9.95. The molecule has 0 spiro atoms. The molecular formula is C17H36O2Si. The van der Waals surface area contributed by atoms with Crippen molar-refractivity contribution in [1.82, 2.24) is 0 Å². The summed E-state index contributed by atoms with van der Waals surface area (Å²) in [5, 5.41) is 10.6. The Balaban J connectivity index is 4.56. The molecule has 0 saturated carbocycles. The first-order valence-electron chi connectivity index (χ1n) is 7.92. The molecule has 3 heteroatoms. The SMILES string of the molecule is CC[C@H](C)/C=C(\C)[C@H](O)[C@H](C)CO[Si](C)(C)C(C)(C)C. The van der Waals surface area contributed by atoms with Crippen molar-refractivity contribution in [2.75, 3.05) is 6.61 Å². The predicted molar refractivity (Wildman–Crippen MR) is 91.5 cm³/mol. The lowest BCUT2D eigenvalue weighted by Crippen LogP contribution is -2.42. The van der Waals surface area contributed by atoms with Gasteiger partial charge in [-0.3, -0.25) is 0 Å². The number of rotatable bonds is 7. The molecule has 0 aliphatic carbocycles. The van der Waals surface area contributed by atoms with Crippen LogP contribution in [0.4, 0.5) is 0 Å². The van der Waals surface area contributed by atoms with Crippen LogP contribution in [0.25, 0.3) is 0 Å². The number of aliphatic hydroxyl groups excluding tert-OH is 1. The molecule has 0 fully saturated rings. The highest BCUT2D eigenvalue weighted by molar-refractivity contribution is 6.74. The zero-order chi connectivity index (χ0) is 16.1. The maximum Gasteiger partial charge on any atom is 0.191 e. The first kappa shape index (κ1) is 19.9. The van der Waals surface area contributed by atoms with Gasteiger partial charge in [0, 0.05) is 12.5 Å². The summed E-state index contributed by atoms with van der Waals surface area (Å²) >= 11 is 0. The van der Waals surface area contributed by atoms with Crippen molar-refractivity contribution in [3.8, 4) is 0 Å². The van der Waals surface area contributed by atoms with Gasteiger partial charge in [-0.15, -0.1) is 0 Å². The average Bonchev–Trinajstić information content (AvgIpc) is 2.33. The monoisotopic (exact) mass is 300 g/mol. The van der Waals surface area contributed by atoms with E-state index in [2.05, 4.69) is 60.7 Å². The van der Waals surface area contributed by atoms with Crippen LogP contribution in [0.3, 0.4) is 0 Å². The van der Waals surface area contributed by atoms with Gasteiger partial charge in [-0.1, -0.05) is 54.0 Å². The van der Waals surface area contributed by atoms with Gasteiger partial charge in [0.2, 0.25) is 0 Å². The quantitative estimate of drug-likeness (QED) is 0.530. The van der Waals surface area contributed by atoms with Crippen LogP contribution in [0.2, 0.25) is 18.1 Å². The number of aliphatic hydroxyl groups is 1. The van der Waals surface area contributed by atoms with Crippen molar-refractivity contribution < 1.29 is 9.53 Å². The Morgan fingerprint density at radius 1 is 1.25 bits per heavy atom. The Labute approximate surface area is 127 Å². The molecule has 0 aliphatic rings. The van der Waals surface area contributed by atoms with E-state index in [9.17, 15) is 5.11 Å². The molecule has 0 aromatic rings. The number of hydrogen-bond donors (Lipinski definition) is 1. The first-order valence-corrected chi connectivity index (χ1v) is 10.8. The lowest BCUT2D eigenvalue weighted by Gasteiger charge is -2.37. The zero-order valence-corrected chi connectivity index (χ0v) is 16.1. The Bertz CT molecular complexity index is 315. The van der Waals surface area contributed by atoms with Crippen molar-refractivity contribution in [1.29, 1.82) is 0 Å². The van der Waals surface area contributed by atoms with Crippen LogP contribution in [0.15, 0.2) is 11.6 Å². The fourth-order valence-electron chi connectivity index (χ4n) is 1.76. The molecule has 0 saturated heterocycles. The van der Waals surface area contributed by atoms with Crippen molar-refractivity contribution >= 4 is 8.32 Å². The van der Waals surface area contributed by atoms with Crippen LogP contribution >= 0.6 is 0 Å². The van der Waals surface area contributed by atoms with Crippen LogP contribution in [-0.2, 0) is 4.43 Å². The van der Waals surface area contributed by atoms with Gasteiger partial charge < -0.3 is 9.53 Å². The van der Waals surface area contributed by atoms with Gasteiger partial charge in [0.15, 0.2) is 8.32 Å². The molecular weight excluding hydrogens is 264 g/mol. The second-order valence-electron chi connectivity index (χ2n) is 7.79. The summed E-state index contributed by atoms with van der Waals surface area (Å²) < 4.78 is 6.21. The van der Waals surface area contributed by atoms with Gasteiger partial charge in [-0.2, -0.15) is 0 Å². The first-order chi connectivity index (χ1) is 8.92. The molecule has 0 heterocycles. The molecule has 0 amide bonds. The minimum atomic E-state index is -1.72. The van der Waals surface area contributed by atoms with Gasteiger partial charge in [0.25, 0.3) is 0 Å². The third-order valence-electron chi connectivity index (χ3n) is 4.71. The van der Waals surface area contributed by atoms with Crippen LogP contribution in [0, 0.1) is 11.8 Å². The summed E-state index contributed by atoms with van der Waals surface area (Å²) in [4.78, 5) is 0. The minimum Gasteiger partial charge on any atom is -0.416 e. The molecule has 0 aromatic carbocycles. The Kier molecular flexibility index (Phi) is 7.72. The van der Waals surface area contributed by atoms with E-state index in [0.717, 1.165) is 12.0 Å². The molecule has 0 radical (unpaired) electrons. The molecule has 20 heavy (non-hydrogen) atoms. The third-order valence-corrected chi connectivity index (χ3v) is 9.21. The number of allylic oxidation sites excluding steroid dienone is 1. The summed E-state index contributed by atoms with van der Waals surface area (Å²) in [5.41, 5.74) is 1.07. The Morgan fingerprint density at radius 2 is 1.75 bits per heavy atom. The van der Waals surface area contributed by atoms with Gasteiger partial charge in [0.1, 0.15) is 0 Å². The average molecular weight is 301 g/mol. The summed E-state index contributed by atoms with van der Waals surface area (Å²) in [6.07, 6.45) is 2.90. The van der Waals surface area contributed by atoms with Gasteiger partial charge in [-0.25, -0.2) is 0 Å². The van der Waals surface area contributed by atoms with Crippen molar-refractivity contribution in [3.63, 3.8) is 0 Å². The van der Waals surface area contributed by atoms with Gasteiger partial charge in [0.05, 0.1) is 6.10 Å². The van der Waals surface area contributed by atoms with Crippen molar-refractivity contribution in [3.05, 3.63) is 11.6 Å². The van der Waals surface area contributed by atoms with Crippen LogP contribution in [-0.4, -0.2) is 26.1 Å². The highest BCUT2D eigenvalue weighted by Gasteiger charge is 2.37. The maximum absolute atomic E-state index is 10.4. The fraction of sp³-hybridized carbons (Fsp3) is 0.882. The summed E-state index contributed by atoms with van der Waals surface area (Å²) in [5.74, 6) is 0.669. The van der Waals surface area contributed by atoms with Gasteiger partial charge in [-0.05, 0) is 36.5 Å². The molecule has 0 bridgehead atoms. The van der Waals surface area contributed by atoms with E-state index in [0.29, 0.717) is 12.5 Å². The smallest absolute Gasteiger partial charge is 0.191 e. The molecule has 1 N–H and O–H groups in total. The molecule has 0 aliphatic heterocycles. The fourth-order valence-corrected chi connectivity index (χ4v) is 2.87. The van der Waals surface area contributed by atoms with E-state index >= 15 is 0 Å². The Hall–Kier alpha value is -0.123. The van der Waals surface area contributed by atoms with E-state index in [-0.39, 0.29) is 11.0 Å². The summed E-state index contributed by atoms with van der Waals surface area (Å²) in [6.45, 7) is 20.4. The van der Waals surface area contributed by atoms with Crippen LogP contribution in [0.1, 0.15) is 54.9 Å². The molecule has 0 rings (SSSR count). The lowest BCUT2D eigenvalue weighted by molar-refractivity contribution is 0.106. The van der Waals surface area contributed by atoms with E-state index in [1.165, 1.54) is 0 Å². The van der Waals surface area contributed by atoms with E-state index in [4.69, 9.17) is 4.43 Å². The molecule has 2 nitrogen and oxygen atoms in total. The number of hydrogen-bond acceptors (Lipinski definition) is 2. The molecule has 0 unspecified atom stereocenters. The van der Waals surface area contributed by atoms with Crippen LogP contribution < -0.4 is 0 Å². The summed E-state index contributed by atoms with van der Waals surface area (Å²) in [6, 6.07) is 0. The largest absolute Gasteiger partial charge is 0.416 e. The third kappa shape index (κ3) is 6.11. The highest BCUT2D eigenvalue weighted by Crippen LogP contribution is 2.37. The van der Waals surface area contributed by atoms with E-state index in [1.807, 2.05) is 6.92 Å². The zero-order valence-electron chi connectivity index (χ0n) is 15.1. The summed E-state index contributed by atoms with van der Waals surface area (Å²) in [7, 11) is -1.72. The standard InChI is InChI=1S/C17H36O2Si/c1-10-13(2)11-14(3)16(18)15(4)12-19-20(8,9)17(5,6)7/h11,13,15-16,18H,10,12H2,1-9H3/b14-11+/t13-,15+,16-/m0/s1. The second-order valence-corrected chi connectivity index (χ2v) is 12.6. The molecule has 3 atom stereocenters. The highest BCUT2D eigenvalue weighted by atomic mass is 28.4. The molecule has 120 valence electrons. The Morgan fingerprint density at radius 3 is 2.15 bits per heavy atom. The van der Waals surface area contributed by atoms with E-state index in [1.54, 1.807) is 0 Å². The topological polar surface area (TPSA) is 29.5 Å².